The molecule has 4 rings (SSSR count). The molecule has 3 heterocycles. The van der Waals surface area contributed by atoms with E-state index in [4.69, 9.17) is 9.15 Å². The summed E-state index contributed by atoms with van der Waals surface area (Å²) in [5.74, 6) is 0.811. The first-order valence-corrected chi connectivity index (χ1v) is 11.2. The van der Waals surface area contributed by atoms with E-state index < -0.39 is 10.0 Å². The van der Waals surface area contributed by atoms with Crippen LogP contribution in [-0.4, -0.2) is 49.3 Å². The first-order valence-electron chi connectivity index (χ1n) is 8.78. The molecule has 8 heteroatoms. The zero-order valence-corrected chi connectivity index (χ0v) is 15.7. The molecule has 2 saturated heterocycles. The number of benzene rings is 1. The summed E-state index contributed by atoms with van der Waals surface area (Å²) in [7, 11) is -3.44. The molecule has 2 fully saturated rings. The van der Waals surface area contributed by atoms with Crippen molar-refractivity contribution in [3.63, 3.8) is 0 Å². The predicted octanol–water partition coefficient (Wildman–Crippen LogP) is 3.27. The monoisotopic (exact) mass is 382 g/mol. The average molecular weight is 383 g/mol. The third-order valence-corrected chi connectivity index (χ3v) is 7.56. The quantitative estimate of drug-likeness (QED) is 0.739. The van der Waals surface area contributed by atoms with E-state index in [0.717, 1.165) is 44.5 Å². The van der Waals surface area contributed by atoms with Crippen molar-refractivity contribution in [1.82, 2.24) is 9.29 Å². The SMILES string of the molecule is O=S(=O)(c1ccc2oc(SCC3CCCO3)nc2c1)N1CCCCC1. The minimum absolute atomic E-state index is 0.259. The molecular formula is C17H22N2O4S2. The zero-order valence-electron chi connectivity index (χ0n) is 14.0. The molecule has 25 heavy (non-hydrogen) atoms. The van der Waals surface area contributed by atoms with Crippen LogP contribution in [0.2, 0.25) is 0 Å². The van der Waals surface area contributed by atoms with E-state index in [9.17, 15) is 8.42 Å². The van der Waals surface area contributed by atoms with Crippen LogP contribution in [0.15, 0.2) is 32.7 Å². The fraction of sp³-hybridized carbons (Fsp3) is 0.588. The molecule has 2 aliphatic rings. The highest BCUT2D eigenvalue weighted by Crippen LogP contribution is 2.29. The zero-order chi connectivity index (χ0) is 17.3. The Balaban J connectivity index is 1.53. The second kappa shape index (κ2) is 7.26. The minimum Gasteiger partial charge on any atom is -0.431 e. The Labute approximate surface area is 152 Å². The molecule has 136 valence electrons. The fourth-order valence-electron chi connectivity index (χ4n) is 3.30. The van der Waals surface area contributed by atoms with E-state index in [2.05, 4.69) is 4.98 Å². The van der Waals surface area contributed by atoms with Crippen LogP contribution in [0.25, 0.3) is 11.1 Å². The van der Waals surface area contributed by atoms with Crippen molar-refractivity contribution in [3.8, 4) is 0 Å². The number of sulfonamides is 1. The number of fused-ring (bicyclic) bond motifs is 1. The number of hydrogen-bond acceptors (Lipinski definition) is 6. The summed E-state index contributed by atoms with van der Waals surface area (Å²) < 4.78 is 38.5. The summed E-state index contributed by atoms with van der Waals surface area (Å²) in [6.07, 6.45) is 5.39. The molecule has 0 aliphatic carbocycles. The first-order chi connectivity index (χ1) is 12.1. The fourth-order valence-corrected chi connectivity index (χ4v) is 5.74. The molecule has 0 bridgehead atoms. The van der Waals surface area contributed by atoms with Gasteiger partial charge in [-0.05, 0) is 43.9 Å². The summed E-state index contributed by atoms with van der Waals surface area (Å²) in [6, 6.07) is 4.94. The number of rotatable bonds is 5. The Kier molecular flexibility index (Phi) is 5.04. The van der Waals surface area contributed by atoms with Gasteiger partial charge in [-0.1, -0.05) is 18.2 Å². The molecule has 2 aromatic rings. The number of ether oxygens (including phenoxy) is 1. The number of nitrogens with zero attached hydrogens (tertiary/aromatic N) is 2. The number of oxazole rings is 1. The number of thioether (sulfide) groups is 1. The van der Waals surface area contributed by atoms with Crippen molar-refractivity contribution in [3.05, 3.63) is 18.2 Å². The maximum atomic E-state index is 12.8. The molecule has 1 unspecified atom stereocenters. The van der Waals surface area contributed by atoms with E-state index in [1.165, 1.54) is 11.8 Å². The van der Waals surface area contributed by atoms with Crippen molar-refractivity contribution in [2.24, 2.45) is 0 Å². The van der Waals surface area contributed by atoms with Crippen LogP contribution in [0.3, 0.4) is 0 Å². The average Bonchev–Trinajstić information content (AvgIpc) is 3.29. The summed E-state index contributed by atoms with van der Waals surface area (Å²) in [5, 5.41) is 0.568. The molecule has 0 N–H and O–H groups in total. The van der Waals surface area contributed by atoms with Gasteiger partial charge in [-0.2, -0.15) is 4.31 Å². The molecule has 6 nitrogen and oxygen atoms in total. The van der Waals surface area contributed by atoms with Gasteiger partial charge in [0.1, 0.15) is 5.52 Å². The van der Waals surface area contributed by atoms with Crippen LogP contribution in [0.4, 0.5) is 0 Å². The normalized spacial score (nSPS) is 22.6. The predicted molar refractivity (Wildman–Crippen MR) is 96.3 cm³/mol. The highest BCUT2D eigenvalue weighted by molar-refractivity contribution is 7.99. The molecular weight excluding hydrogens is 360 g/mol. The van der Waals surface area contributed by atoms with E-state index in [0.29, 0.717) is 34.3 Å². The van der Waals surface area contributed by atoms with Crippen molar-refractivity contribution < 1.29 is 17.6 Å². The second-order valence-electron chi connectivity index (χ2n) is 6.52. The summed E-state index contributed by atoms with van der Waals surface area (Å²) in [6.45, 7) is 2.03. The van der Waals surface area contributed by atoms with Gasteiger partial charge in [0, 0.05) is 25.4 Å². The Morgan fingerprint density at radius 1 is 1.20 bits per heavy atom. The molecule has 1 atom stereocenters. The standard InChI is InChI=1S/C17H22N2O4S2/c20-25(21,19-8-2-1-3-9-19)14-6-7-16-15(11-14)18-17(23-16)24-12-13-5-4-10-22-13/h6-7,11,13H,1-5,8-10,12H2. The lowest BCUT2D eigenvalue weighted by Crippen LogP contribution is -2.35. The Morgan fingerprint density at radius 2 is 2.04 bits per heavy atom. The van der Waals surface area contributed by atoms with Crippen LogP contribution < -0.4 is 0 Å². The smallest absolute Gasteiger partial charge is 0.256 e. The largest absolute Gasteiger partial charge is 0.431 e. The van der Waals surface area contributed by atoms with Crippen LogP contribution in [0.5, 0.6) is 0 Å². The molecule has 0 spiro atoms. The van der Waals surface area contributed by atoms with Gasteiger partial charge in [-0.25, -0.2) is 13.4 Å². The Hall–Kier alpha value is -1.09. The van der Waals surface area contributed by atoms with Gasteiger partial charge >= 0.3 is 0 Å². The topological polar surface area (TPSA) is 72.6 Å². The summed E-state index contributed by atoms with van der Waals surface area (Å²) >= 11 is 1.52. The lowest BCUT2D eigenvalue weighted by atomic mass is 10.2. The Morgan fingerprint density at radius 3 is 2.80 bits per heavy atom. The Bertz CT molecular complexity index is 837. The molecule has 1 aromatic heterocycles. The van der Waals surface area contributed by atoms with Crippen LogP contribution in [0.1, 0.15) is 32.1 Å². The van der Waals surface area contributed by atoms with E-state index >= 15 is 0 Å². The first kappa shape index (κ1) is 17.3. The van der Waals surface area contributed by atoms with Crippen molar-refractivity contribution in [1.29, 1.82) is 0 Å². The lowest BCUT2D eigenvalue weighted by Gasteiger charge is -2.25. The van der Waals surface area contributed by atoms with Gasteiger partial charge in [0.15, 0.2) is 5.58 Å². The second-order valence-corrected chi connectivity index (χ2v) is 9.43. The summed E-state index contributed by atoms with van der Waals surface area (Å²) in [5.41, 5.74) is 1.21. The van der Waals surface area contributed by atoms with Crippen molar-refractivity contribution >= 4 is 32.9 Å². The summed E-state index contributed by atoms with van der Waals surface area (Å²) in [4.78, 5) is 4.75. The van der Waals surface area contributed by atoms with Gasteiger partial charge in [-0.15, -0.1) is 0 Å². The van der Waals surface area contributed by atoms with Gasteiger partial charge in [-0.3, -0.25) is 0 Å². The van der Waals surface area contributed by atoms with Gasteiger partial charge in [0.25, 0.3) is 5.22 Å². The molecule has 1 aromatic carbocycles. The van der Waals surface area contributed by atoms with E-state index in [-0.39, 0.29) is 6.10 Å². The minimum atomic E-state index is -3.44. The highest BCUT2D eigenvalue weighted by atomic mass is 32.2. The van der Waals surface area contributed by atoms with E-state index in [1.807, 2.05) is 0 Å². The lowest BCUT2D eigenvalue weighted by molar-refractivity contribution is 0.128. The number of hydrogen-bond donors (Lipinski definition) is 0. The molecule has 2 aliphatic heterocycles. The van der Waals surface area contributed by atoms with Crippen molar-refractivity contribution in [2.75, 3.05) is 25.4 Å². The van der Waals surface area contributed by atoms with Gasteiger partial charge in [0.05, 0.1) is 11.0 Å². The maximum Gasteiger partial charge on any atom is 0.256 e. The molecule has 0 amide bonds. The van der Waals surface area contributed by atoms with Crippen LogP contribution >= 0.6 is 11.8 Å². The molecule has 0 radical (unpaired) electrons. The van der Waals surface area contributed by atoms with Gasteiger partial charge < -0.3 is 9.15 Å². The van der Waals surface area contributed by atoms with Gasteiger partial charge in [0.2, 0.25) is 10.0 Å². The van der Waals surface area contributed by atoms with Crippen LogP contribution in [0, 0.1) is 0 Å². The number of piperidine rings is 1. The highest BCUT2D eigenvalue weighted by Gasteiger charge is 2.26. The maximum absolute atomic E-state index is 12.8. The third-order valence-electron chi connectivity index (χ3n) is 4.71. The van der Waals surface area contributed by atoms with Crippen LogP contribution in [-0.2, 0) is 14.8 Å². The third kappa shape index (κ3) is 3.72. The number of aromatic nitrogens is 1. The van der Waals surface area contributed by atoms with E-state index in [1.54, 1.807) is 22.5 Å². The molecule has 0 saturated carbocycles. The van der Waals surface area contributed by atoms with Crippen molar-refractivity contribution in [2.45, 2.75) is 48.3 Å².